The molecule has 0 fully saturated rings. The van der Waals surface area contributed by atoms with E-state index in [0.29, 0.717) is 38.4 Å². The molecular weight excluding hydrogens is 275 g/mol. The number of hydrogen-bond donors (Lipinski definition) is 1. The third kappa shape index (κ3) is 1.63. The zero-order valence-electron chi connectivity index (χ0n) is 9.32. The second kappa shape index (κ2) is 3.90. The van der Waals surface area contributed by atoms with Gasteiger partial charge in [0.2, 0.25) is 5.89 Å². The molecule has 0 saturated heterocycles. The summed E-state index contributed by atoms with van der Waals surface area (Å²) in [6.07, 6.45) is 1.59. The number of oxazole rings is 1. The molecule has 2 aromatic heterocycles. The highest BCUT2D eigenvalue weighted by Crippen LogP contribution is 2.33. The molecule has 0 unspecified atom stereocenters. The number of halogens is 2. The van der Waals surface area contributed by atoms with Crippen molar-refractivity contribution in [3.63, 3.8) is 0 Å². The summed E-state index contributed by atoms with van der Waals surface area (Å²) in [5.41, 5.74) is 7.57. The van der Waals surface area contributed by atoms with Gasteiger partial charge in [-0.05, 0) is 12.1 Å². The summed E-state index contributed by atoms with van der Waals surface area (Å²) in [5, 5.41) is 4.96. The molecule has 5 nitrogen and oxygen atoms in total. The zero-order valence-corrected chi connectivity index (χ0v) is 10.8. The molecule has 0 bridgehead atoms. The molecule has 7 heteroatoms. The van der Waals surface area contributed by atoms with Gasteiger partial charge in [-0.15, -0.1) is 0 Å². The van der Waals surface area contributed by atoms with E-state index in [2.05, 4.69) is 10.1 Å². The number of fused-ring (bicyclic) bond motifs is 1. The minimum absolute atomic E-state index is 0.375. The minimum Gasteiger partial charge on any atom is -0.434 e. The van der Waals surface area contributed by atoms with Crippen LogP contribution in [0.25, 0.3) is 22.6 Å². The molecule has 3 aromatic rings. The van der Waals surface area contributed by atoms with Crippen LogP contribution in [0.2, 0.25) is 10.0 Å². The van der Waals surface area contributed by atoms with E-state index >= 15 is 0 Å². The summed E-state index contributed by atoms with van der Waals surface area (Å²) < 4.78 is 7.14. The van der Waals surface area contributed by atoms with E-state index in [0.717, 1.165) is 0 Å². The number of aromatic nitrogens is 3. The Labute approximate surface area is 112 Å². The van der Waals surface area contributed by atoms with E-state index < -0.39 is 0 Å². The molecule has 0 aliphatic carbocycles. The van der Waals surface area contributed by atoms with E-state index in [4.69, 9.17) is 33.4 Å². The summed E-state index contributed by atoms with van der Waals surface area (Å²) >= 11 is 11.9. The molecule has 92 valence electrons. The van der Waals surface area contributed by atoms with Gasteiger partial charge in [-0.25, -0.2) is 4.98 Å². The van der Waals surface area contributed by atoms with E-state index in [1.807, 2.05) is 0 Å². The summed E-state index contributed by atoms with van der Waals surface area (Å²) in [6.45, 7) is 0. The molecule has 0 aliphatic heterocycles. The van der Waals surface area contributed by atoms with E-state index in [1.165, 1.54) is 0 Å². The van der Waals surface area contributed by atoms with E-state index in [-0.39, 0.29) is 0 Å². The third-order valence-electron chi connectivity index (χ3n) is 2.62. The van der Waals surface area contributed by atoms with Gasteiger partial charge in [0.25, 0.3) is 0 Å². The quantitative estimate of drug-likeness (QED) is 0.745. The maximum Gasteiger partial charge on any atom is 0.232 e. The second-order valence-electron chi connectivity index (χ2n) is 3.82. The predicted molar refractivity (Wildman–Crippen MR) is 70.6 cm³/mol. The first-order chi connectivity index (χ1) is 8.56. The van der Waals surface area contributed by atoms with Gasteiger partial charge in [0.05, 0.1) is 16.8 Å². The number of nitrogens with two attached hydrogens (primary N) is 1. The van der Waals surface area contributed by atoms with Gasteiger partial charge in [0.1, 0.15) is 11.3 Å². The zero-order chi connectivity index (χ0) is 12.9. The monoisotopic (exact) mass is 282 g/mol. The highest BCUT2D eigenvalue weighted by molar-refractivity contribution is 6.38. The Morgan fingerprint density at radius 3 is 2.78 bits per heavy atom. The lowest BCUT2D eigenvalue weighted by Gasteiger charge is -1.94. The summed E-state index contributed by atoms with van der Waals surface area (Å²) in [5.74, 6) is 0.851. The Bertz CT molecular complexity index is 747. The van der Waals surface area contributed by atoms with Crippen molar-refractivity contribution < 1.29 is 4.42 Å². The van der Waals surface area contributed by atoms with Gasteiger partial charge < -0.3 is 10.2 Å². The highest BCUT2D eigenvalue weighted by Gasteiger charge is 2.16. The van der Waals surface area contributed by atoms with Crippen molar-refractivity contribution >= 4 is 40.1 Å². The molecule has 0 aliphatic rings. The van der Waals surface area contributed by atoms with Crippen molar-refractivity contribution in [1.29, 1.82) is 0 Å². The Hall–Kier alpha value is -1.72. The van der Waals surface area contributed by atoms with Crippen LogP contribution in [0, 0.1) is 0 Å². The smallest absolute Gasteiger partial charge is 0.232 e. The number of rotatable bonds is 1. The Morgan fingerprint density at radius 2 is 2.11 bits per heavy atom. The third-order valence-corrected chi connectivity index (χ3v) is 3.12. The van der Waals surface area contributed by atoms with Crippen LogP contribution >= 0.6 is 23.2 Å². The van der Waals surface area contributed by atoms with Crippen LogP contribution in [0.4, 0.5) is 5.82 Å². The molecule has 2 heterocycles. The van der Waals surface area contributed by atoms with Crippen LogP contribution in [-0.2, 0) is 7.05 Å². The minimum atomic E-state index is 0.375. The van der Waals surface area contributed by atoms with Gasteiger partial charge >= 0.3 is 0 Å². The Balaban J connectivity index is 2.25. The number of nitrogen functional groups attached to an aromatic ring is 1. The molecular formula is C11H8Cl2N4O. The fourth-order valence-electron chi connectivity index (χ4n) is 1.69. The van der Waals surface area contributed by atoms with Crippen LogP contribution < -0.4 is 5.73 Å². The first kappa shape index (κ1) is 11.4. The normalized spacial score (nSPS) is 11.3. The standard InChI is InChI=1S/C11H8Cl2N4O/c1-17-10(14)6(4-15-17)11-16-8-3-5(12)2-7(13)9(8)18-11/h2-4H,14H2,1H3. The topological polar surface area (TPSA) is 69.9 Å². The van der Waals surface area contributed by atoms with Crippen molar-refractivity contribution in [2.75, 3.05) is 5.73 Å². The van der Waals surface area contributed by atoms with Gasteiger partial charge in [-0.3, -0.25) is 4.68 Å². The SMILES string of the molecule is Cn1ncc(-c2nc3cc(Cl)cc(Cl)c3o2)c1N. The Morgan fingerprint density at radius 1 is 1.33 bits per heavy atom. The van der Waals surface area contributed by atoms with Crippen LogP contribution in [0.1, 0.15) is 0 Å². The first-order valence-corrected chi connectivity index (χ1v) is 5.85. The summed E-state index contributed by atoms with van der Waals surface area (Å²) in [4.78, 5) is 4.31. The molecule has 0 radical (unpaired) electrons. The van der Waals surface area contributed by atoms with Crippen LogP contribution in [0.3, 0.4) is 0 Å². The molecule has 3 rings (SSSR count). The van der Waals surface area contributed by atoms with Crippen molar-refractivity contribution in [3.8, 4) is 11.5 Å². The lowest BCUT2D eigenvalue weighted by atomic mass is 10.3. The predicted octanol–water partition coefficient (Wildman–Crippen LogP) is 3.12. The van der Waals surface area contributed by atoms with E-state index in [9.17, 15) is 0 Å². The largest absolute Gasteiger partial charge is 0.434 e. The summed E-state index contributed by atoms with van der Waals surface area (Å²) in [6, 6.07) is 3.29. The molecule has 2 N–H and O–H groups in total. The van der Waals surface area contributed by atoms with Gasteiger partial charge in [0, 0.05) is 12.1 Å². The number of nitrogens with zero attached hydrogens (tertiary/aromatic N) is 3. The van der Waals surface area contributed by atoms with Crippen LogP contribution in [0.5, 0.6) is 0 Å². The maximum atomic E-state index is 6.04. The molecule has 0 amide bonds. The first-order valence-electron chi connectivity index (χ1n) is 5.09. The average molecular weight is 283 g/mol. The highest BCUT2D eigenvalue weighted by atomic mass is 35.5. The maximum absolute atomic E-state index is 6.04. The molecule has 18 heavy (non-hydrogen) atoms. The number of aryl methyl sites for hydroxylation is 1. The van der Waals surface area contributed by atoms with E-state index in [1.54, 1.807) is 30.1 Å². The average Bonchev–Trinajstić information content (AvgIpc) is 2.84. The van der Waals surface area contributed by atoms with Crippen LogP contribution in [-0.4, -0.2) is 14.8 Å². The molecule has 0 spiro atoms. The lowest BCUT2D eigenvalue weighted by Crippen LogP contribution is -1.97. The molecule has 1 aromatic carbocycles. The van der Waals surface area contributed by atoms with Gasteiger partial charge in [-0.1, -0.05) is 23.2 Å². The van der Waals surface area contributed by atoms with Crippen molar-refractivity contribution in [2.24, 2.45) is 7.05 Å². The van der Waals surface area contributed by atoms with Crippen molar-refractivity contribution in [1.82, 2.24) is 14.8 Å². The number of hydrogen-bond acceptors (Lipinski definition) is 4. The molecule has 0 saturated carbocycles. The van der Waals surface area contributed by atoms with Gasteiger partial charge in [0.15, 0.2) is 5.58 Å². The second-order valence-corrected chi connectivity index (χ2v) is 4.67. The van der Waals surface area contributed by atoms with Gasteiger partial charge in [-0.2, -0.15) is 5.10 Å². The van der Waals surface area contributed by atoms with Crippen molar-refractivity contribution in [2.45, 2.75) is 0 Å². The summed E-state index contributed by atoms with van der Waals surface area (Å²) in [7, 11) is 1.74. The lowest BCUT2D eigenvalue weighted by molar-refractivity contribution is 0.620. The fourth-order valence-corrected chi connectivity index (χ4v) is 2.21. The number of anilines is 1. The fraction of sp³-hybridized carbons (Fsp3) is 0.0909. The van der Waals surface area contributed by atoms with Crippen LogP contribution in [0.15, 0.2) is 22.7 Å². The Kier molecular flexibility index (Phi) is 2.46. The number of benzene rings is 1. The van der Waals surface area contributed by atoms with Crippen molar-refractivity contribution in [3.05, 3.63) is 28.4 Å². The molecule has 0 atom stereocenters.